The van der Waals surface area contributed by atoms with Gasteiger partial charge in [0.2, 0.25) is 0 Å². The van der Waals surface area contributed by atoms with Gasteiger partial charge in [-0.15, -0.1) is 0 Å². The second kappa shape index (κ2) is 6.62. The van der Waals surface area contributed by atoms with Gasteiger partial charge in [0.15, 0.2) is 0 Å². The van der Waals surface area contributed by atoms with E-state index < -0.39 is 0 Å². The van der Waals surface area contributed by atoms with E-state index in [1.54, 1.807) is 0 Å². The van der Waals surface area contributed by atoms with Gasteiger partial charge in [-0.2, -0.15) is 0 Å². The van der Waals surface area contributed by atoms with Gasteiger partial charge in [-0.05, 0) is 44.0 Å². The lowest BCUT2D eigenvalue weighted by Crippen LogP contribution is -2.33. The Labute approximate surface area is 104 Å². The molecule has 1 aromatic carbocycles. The summed E-state index contributed by atoms with van der Waals surface area (Å²) in [6.07, 6.45) is 2.62. The highest BCUT2D eigenvalue weighted by atomic mass is 16.5. The lowest BCUT2D eigenvalue weighted by atomic mass is 10.2. The third-order valence-corrected chi connectivity index (χ3v) is 3.12. The van der Waals surface area contributed by atoms with Crippen LogP contribution in [0.4, 0.5) is 0 Å². The van der Waals surface area contributed by atoms with Crippen LogP contribution in [0.1, 0.15) is 25.3 Å². The molecule has 3 heteroatoms. The van der Waals surface area contributed by atoms with Crippen LogP contribution in [0.5, 0.6) is 5.75 Å². The standard InChI is InChI=1S/C14H22N2O/c1-2-17-14-7-5-12(6-8-14)10-15-11-13-4-3-9-16-13/h5-8,13,15-16H,2-4,9-11H2,1H3. The zero-order valence-electron chi connectivity index (χ0n) is 10.5. The Bertz CT molecular complexity index is 317. The smallest absolute Gasteiger partial charge is 0.119 e. The number of nitrogens with one attached hydrogen (secondary N) is 2. The third-order valence-electron chi connectivity index (χ3n) is 3.12. The highest BCUT2D eigenvalue weighted by molar-refractivity contribution is 5.27. The molecule has 0 spiro atoms. The van der Waals surface area contributed by atoms with Crippen LogP contribution in [-0.4, -0.2) is 25.7 Å². The Morgan fingerprint density at radius 3 is 2.82 bits per heavy atom. The number of rotatable bonds is 6. The van der Waals surface area contributed by atoms with E-state index in [0.717, 1.165) is 25.4 Å². The molecule has 1 aliphatic rings. The maximum absolute atomic E-state index is 5.42. The first-order valence-electron chi connectivity index (χ1n) is 6.54. The summed E-state index contributed by atoms with van der Waals surface area (Å²) < 4.78 is 5.42. The molecule has 1 fully saturated rings. The Morgan fingerprint density at radius 1 is 1.35 bits per heavy atom. The quantitative estimate of drug-likeness (QED) is 0.789. The largest absolute Gasteiger partial charge is 0.494 e. The van der Waals surface area contributed by atoms with Crippen LogP contribution < -0.4 is 15.4 Å². The van der Waals surface area contributed by atoms with Gasteiger partial charge < -0.3 is 15.4 Å². The lowest BCUT2D eigenvalue weighted by molar-refractivity contribution is 0.340. The maximum Gasteiger partial charge on any atom is 0.119 e. The van der Waals surface area contributed by atoms with Gasteiger partial charge in [-0.1, -0.05) is 12.1 Å². The van der Waals surface area contributed by atoms with Gasteiger partial charge in [0.05, 0.1) is 6.61 Å². The van der Waals surface area contributed by atoms with Crippen molar-refractivity contribution in [3.63, 3.8) is 0 Å². The second-order valence-electron chi connectivity index (χ2n) is 4.50. The summed E-state index contributed by atoms with van der Waals surface area (Å²) in [6.45, 7) is 5.90. The van der Waals surface area contributed by atoms with E-state index >= 15 is 0 Å². The second-order valence-corrected chi connectivity index (χ2v) is 4.50. The summed E-state index contributed by atoms with van der Waals surface area (Å²) in [4.78, 5) is 0. The molecule has 0 aliphatic carbocycles. The summed E-state index contributed by atoms with van der Waals surface area (Å²) in [6, 6.07) is 8.99. The predicted molar refractivity (Wildman–Crippen MR) is 70.3 cm³/mol. The van der Waals surface area contributed by atoms with Crippen LogP contribution in [-0.2, 0) is 6.54 Å². The van der Waals surface area contributed by atoms with Crippen LogP contribution in [0.3, 0.4) is 0 Å². The van der Waals surface area contributed by atoms with Gasteiger partial charge >= 0.3 is 0 Å². The minimum Gasteiger partial charge on any atom is -0.494 e. The molecule has 2 rings (SSSR count). The average Bonchev–Trinajstić information content (AvgIpc) is 2.85. The molecule has 1 atom stereocenters. The first-order valence-corrected chi connectivity index (χ1v) is 6.54. The van der Waals surface area contributed by atoms with Crippen molar-refractivity contribution in [1.82, 2.24) is 10.6 Å². The first-order chi connectivity index (χ1) is 8.38. The number of hydrogen-bond acceptors (Lipinski definition) is 3. The minimum absolute atomic E-state index is 0.665. The molecule has 1 unspecified atom stereocenters. The molecule has 2 N–H and O–H groups in total. The molecule has 0 saturated carbocycles. The summed E-state index contributed by atoms with van der Waals surface area (Å²) in [7, 11) is 0. The van der Waals surface area contributed by atoms with E-state index in [1.807, 2.05) is 19.1 Å². The van der Waals surface area contributed by atoms with E-state index in [0.29, 0.717) is 6.04 Å². The van der Waals surface area contributed by atoms with Crippen molar-refractivity contribution in [2.45, 2.75) is 32.4 Å². The summed E-state index contributed by atoms with van der Waals surface area (Å²) in [5.74, 6) is 0.953. The topological polar surface area (TPSA) is 33.3 Å². The van der Waals surface area contributed by atoms with Crippen molar-refractivity contribution >= 4 is 0 Å². The van der Waals surface area contributed by atoms with Crippen LogP contribution >= 0.6 is 0 Å². The molecule has 1 aliphatic heterocycles. The molecule has 1 aromatic rings. The Hall–Kier alpha value is -1.06. The van der Waals surface area contributed by atoms with Crippen molar-refractivity contribution in [3.8, 4) is 5.75 Å². The van der Waals surface area contributed by atoms with Gasteiger partial charge in [0.1, 0.15) is 5.75 Å². The van der Waals surface area contributed by atoms with Gasteiger partial charge in [-0.3, -0.25) is 0 Å². The van der Waals surface area contributed by atoms with Crippen molar-refractivity contribution in [2.24, 2.45) is 0 Å². The fourth-order valence-electron chi connectivity index (χ4n) is 2.19. The molecule has 94 valence electrons. The van der Waals surface area contributed by atoms with Gasteiger partial charge in [0, 0.05) is 19.1 Å². The molecule has 1 heterocycles. The summed E-state index contributed by atoms with van der Waals surface area (Å²) in [5.41, 5.74) is 1.31. The van der Waals surface area contributed by atoms with E-state index in [4.69, 9.17) is 4.74 Å². The lowest BCUT2D eigenvalue weighted by Gasteiger charge is -2.11. The third kappa shape index (κ3) is 4.02. The Kier molecular flexibility index (Phi) is 4.83. The van der Waals surface area contributed by atoms with E-state index in [1.165, 1.54) is 24.9 Å². The molecule has 1 saturated heterocycles. The monoisotopic (exact) mass is 234 g/mol. The first kappa shape index (κ1) is 12.4. The van der Waals surface area contributed by atoms with Crippen molar-refractivity contribution < 1.29 is 4.74 Å². The fraction of sp³-hybridized carbons (Fsp3) is 0.571. The highest BCUT2D eigenvalue weighted by Crippen LogP contribution is 2.12. The number of benzene rings is 1. The fourth-order valence-corrected chi connectivity index (χ4v) is 2.19. The molecule has 0 amide bonds. The summed E-state index contributed by atoms with van der Waals surface area (Å²) in [5, 5.41) is 6.98. The van der Waals surface area contributed by atoms with E-state index in [2.05, 4.69) is 22.8 Å². The van der Waals surface area contributed by atoms with Crippen LogP contribution in [0, 0.1) is 0 Å². The van der Waals surface area contributed by atoms with Crippen LogP contribution in [0.25, 0.3) is 0 Å². The molecule has 3 nitrogen and oxygen atoms in total. The highest BCUT2D eigenvalue weighted by Gasteiger charge is 2.12. The molecular formula is C14H22N2O. The number of ether oxygens (including phenoxy) is 1. The van der Waals surface area contributed by atoms with E-state index in [9.17, 15) is 0 Å². The predicted octanol–water partition coefficient (Wildman–Crippen LogP) is 1.93. The molecule has 0 radical (unpaired) electrons. The van der Waals surface area contributed by atoms with Crippen molar-refractivity contribution in [1.29, 1.82) is 0 Å². The SMILES string of the molecule is CCOc1ccc(CNCC2CCCN2)cc1. The molecule has 0 aromatic heterocycles. The number of hydrogen-bond donors (Lipinski definition) is 2. The normalized spacial score (nSPS) is 19.5. The maximum atomic E-state index is 5.42. The van der Waals surface area contributed by atoms with E-state index in [-0.39, 0.29) is 0 Å². The van der Waals surface area contributed by atoms with Crippen molar-refractivity contribution in [3.05, 3.63) is 29.8 Å². The molecular weight excluding hydrogens is 212 g/mol. The van der Waals surface area contributed by atoms with Crippen LogP contribution in [0.2, 0.25) is 0 Å². The minimum atomic E-state index is 0.665. The zero-order valence-corrected chi connectivity index (χ0v) is 10.5. The Balaban J connectivity index is 1.70. The van der Waals surface area contributed by atoms with Gasteiger partial charge in [-0.25, -0.2) is 0 Å². The molecule has 0 bridgehead atoms. The van der Waals surface area contributed by atoms with Gasteiger partial charge in [0.25, 0.3) is 0 Å². The molecule has 17 heavy (non-hydrogen) atoms. The zero-order chi connectivity index (χ0) is 11.9. The summed E-state index contributed by atoms with van der Waals surface area (Å²) >= 11 is 0. The Morgan fingerprint density at radius 2 is 2.18 bits per heavy atom. The average molecular weight is 234 g/mol. The van der Waals surface area contributed by atoms with Crippen LogP contribution in [0.15, 0.2) is 24.3 Å². The van der Waals surface area contributed by atoms with Crippen molar-refractivity contribution in [2.75, 3.05) is 19.7 Å².